The van der Waals surface area contributed by atoms with Crippen LogP contribution in [-0.4, -0.2) is 12.0 Å². The third-order valence-corrected chi connectivity index (χ3v) is 2.37. The Kier molecular flexibility index (Phi) is 3.84. The van der Waals surface area contributed by atoms with E-state index in [1.165, 1.54) is 18.3 Å². The second kappa shape index (κ2) is 5.55. The Hall–Kier alpha value is -2.01. The highest BCUT2D eigenvalue weighted by atomic mass is 19.2. The van der Waals surface area contributed by atoms with Crippen LogP contribution in [-0.2, 0) is 6.54 Å². The molecule has 3 nitrogen and oxygen atoms in total. The maximum Gasteiger partial charge on any atom is 0.201 e. The fourth-order valence-electron chi connectivity index (χ4n) is 1.52. The first-order valence-electron chi connectivity index (χ1n) is 5.41. The summed E-state index contributed by atoms with van der Waals surface area (Å²) >= 11 is 0. The fraction of sp³-hybridized carbons (Fsp3) is 0.154. The molecule has 0 bridgehead atoms. The van der Waals surface area contributed by atoms with E-state index in [4.69, 9.17) is 4.74 Å². The lowest BCUT2D eigenvalue weighted by Gasteiger charge is -2.10. The summed E-state index contributed by atoms with van der Waals surface area (Å²) in [6, 6.07) is 5.55. The zero-order chi connectivity index (χ0) is 13.0. The second-order valence-electron chi connectivity index (χ2n) is 3.67. The molecule has 0 atom stereocenters. The summed E-state index contributed by atoms with van der Waals surface area (Å²) in [5.41, 5.74) is 0.816. The number of hydrogen-bond donors (Lipinski definition) is 1. The van der Waals surface area contributed by atoms with Crippen LogP contribution in [0.15, 0.2) is 36.7 Å². The van der Waals surface area contributed by atoms with Gasteiger partial charge >= 0.3 is 0 Å². The van der Waals surface area contributed by atoms with Crippen LogP contribution in [0.3, 0.4) is 0 Å². The molecule has 18 heavy (non-hydrogen) atoms. The molecule has 2 rings (SSSR count). The maximum absolute atomic E-state index is 13.5. The topological polar surface area (TPSA) is 34.2 Å². The van der Waals surface area contributed by atoms with Crippen LogP contribution in [0.25, 0.3) is 0 Å². The highest BCUT2D eigenvalue weighted by Gasteiger charge is 2.11. The SMILES string of the molecule is CNCc1ccncc1Oc1cccc(F)c1F. The van der Waals surface area contributed by atoms with Crippen molar-refractivity contribution in [1.29, 1.82) is 0 Å². The first kappa shape index (κ1) is 12.4. The van der Waals surface area contributed by atoms with Gasteiger partial charge in [0.25, 0.3) is 0 Å². The molecular formula is C13H12F2N2O. The molecule has 1 heterocycles. The molecule has 0 saturated heterocycles. The van der Waals surface area contributed by atoms with E-state index in [1.807, 2.05) is 0 Å². The van der Waals surface area contributed by atoms with Gasteiger partial charge in [-0.2, -0.15) is 4.39 Å². The number of nitrogens with one attached hydrogen (secondary N) is 1. The van der Waals surface area contributed by atoms with Crippen LogP contribution in [0, 0.1) is 11.6 Å². The zero-order valence-corrected chi connectivity index (χ0v) is 9.78. The van der Waals surface area contributed by atoms with Gasteiger partial charge in [-0.1, -0.05) is 6.07 Å². The summed E-state index contributed by atoms with van der Waals surface area (Å²) in [5.74, 6) is -1.69. The van der Waals surface area contributed by atoms with Crippen molar-refractivity contribution in [2.75, 3.05) is 7.05 Å². The Labute approximate surface area is 103 Å². The van der Waals surface area contributed by atoms with Gasteiger partial charge in [0, 0.05) is 18.3 Å². The van der Waals surface area contributed by atoms with Crippen molar-refractivity contribution in [1.82, 2.24) is 10.3 Å². The standard InChI is InChI=1S/C13H12F2N2O/c1-16-7-9-5-6-17-8-12(9)18-11-4-2-3-10(14)13(11)15/h2-6,8,16H,7H2,1H3. The van der Waals surface area contributed by atoms with E-state index < -0.39 is 11.6 Å². The predicted octanol–water partition coefficient (Wildman–Crippen LogP) is 2.87. The lowest BCUT2D eigenvalue weighted by Crippen LogP contribution is -2.06. The van der Waals surface area contributed by atoms with Crippen molar-refractivity contribution >= 4 is 0 Å². The van der Waals surface area contributed by atoms with Gasteiger partial charge in [-0.25, -0.2) is 4.39 Å². The first-order chi connectivity index (χ1) is 8.72. The number of pyridine rings is 1. The first-order valence-corrected chi connectivity index (χ1v) is 5.41. The van der Waals surface area contributed by atoms with Crippen LogP contribution in [0.5, 0.6) is 11.5 Å². The molecule has 5 heteroatoms. The van der Waals surface area contributed by atoms with Gasteiger partial charge in [-0.05, 0) is 25.2 Å². The molecule has 0 amide bonds. The molecule has 0 radical (unpaired) electrons. The largest absolute Gasteiger partial charge is 0.452 e. The average molecular weight is 250 g/mol. The normalized spacial score (nSPS) is 10.4. The molecule has 0 unspecified atom stereocenters. The van der Waals surface area contributed by atoms with Crippen molar-refractivity contribution < 1.29 is 13.5 Å². The van der Waals surface area contributed by atoms with Crippen molar-refractivity contribution in [3.63, 3.8) is 0 Å². The molecule has 0 aliphatic heterocycles. The fourth-order valence-corrected chi connectivity index (χ4v) is 1.52. The Morgan fingerprint density at radius 2 is 2.06 bits per heavy atom. The van der Waals surface area contributed by atoms with E-state index in [0.717, 1.165) is 11.6 Å². The van der Waals surface area contributed by atoms with Gasteiger partial charge in [-0.3, -0.25) is 4.98 Å². The maximum atomic E-state index is 13.5. The van der Waals surface area contributed by atoms with Crippen LogP contribution in [0.1, 0.15) is 5.56 Å². The average Bonchev–Trinajstić information content (AvgIpc) is 2.37. The molecular weight excluding hydrogens is 238 g/mol. The molecule has 0 aliphatic carbocycles. The number of halogens is 2. The van der Waals surface area contributed by atoms with Crippen molar-refractivity contribution in [2.45, 2.75) is 6.54 Å². The van der Waals surface area contributed by atoms with Gasteiger partial charge in [0.15, 0.2) is 11.6 Å². The monoisotopic (exact) mass is 250 g/mol. The van der Waals surface area contributed by atoms with Crippen molar-refractivity contribution in [3.8, 4) is 11.5 Å². The second-order valence-corrected chi connectivity index (χ2v) is 3.67. The summed E-state index contributed by atoms with van der Waals surface area (Å²) in [4.78, 5) is 3.91. The summed E-state index contributed by atoms with van der Waals surface area (Å²) in [7, 11) is 1.78. The minimum Gasteiger partial charge on any atom is -0.452 e. The van der Waals surface area contributed by atoms with Gasteiger partial charge in [-0.15, -0.1) is 0 Å². The highest BCUT2D eigenvalue weighted by Crippen LogP contribution is 2.27. The van der Waals surface area contributed by atoms with Gasteiger partial charge in [0.05, 0.1) is 6.20 Å². The molecule has 0 aliphatic rings. The van der Waals surface area contributed by atoms with Crippen molar-refractivity contribution in [3.05, 3.63) is 53.9 Å². The van der Waals surface area contributed by atoms with Crippen LogP contribution in [0.2, 0.25) is 0 Å². The lowest BCUT2D eigenvalue weighted by molar-refractivity contribution is 0.411. The minimum absolute atomic E-state index is 0.152. The molecule has 94 valence electrons. The Bertz CT molecular complexity index is 546. The molecule has 1 N–H and O–H groups in total. The van der Waals surface area contributed by atoms with E-state index in [2.05, 4.69) is 10.3 Å². The summed E-state index contributed by atoms with van der Waals surface area (Å²) in [5, 5.41) is 2.96. The Balaban J connectivity index is 2.31. The third kappa shape index (κ3) is 2.62. The number of aromatic nitrogens is 1. The molecule has 0 spiro atoms. The molecule has 0 saturated carbocycles. The van der Waals surface area contributed by atoms with E-state index in [0.29, 0.717) is 12.3 Å². The summed E-state index contributed by atoms with van der Waals surface area (Å²) in [6.45, 7) is 0.550. The third-order valence-electron chi connectivity index (χ3n) is 2.37. The number of nitrogens with zero attached hydrogens (tertiary/aromatic N) is 1. The van der Waals surface area contributed by atoms with E-state index in [1.54, 1.807) is 19.3 Å². The van der Waals surface area contributed by atoms with E-state index >= 15 is 0 Å². The quantitative estimate of drug-likeness (QED) is 0.906. The molecule has 0 fully saturated rings. The van der Waals surface area contributed by atoms with Gasteiger partial charge in [0.2, 0.25) is 5.82 Å². The Morgan fingerprint density at radius 1 is 1.22 bits per heavy atom. The predicted molar refractivity (Wildman–Crippen MR) is 63.4 cm³/mol. The van der Waals surface area contributed by atoms with E-state index in [9.17, 15) is 8.78 Å². The van der Waals surface area contributed by atoms with Gasteiger partial charge < -0.3 is 10.1 Å². The molecule has 2 aromatic rings. The number of benzene rings is 1. The molecule has 1 aromatic heterocycles. The number of ether oxygens (including phenoxy) is 1. The van der Waals surface area contributed by atoms with Crippen molar-refractivity contribution in [2.24, 2.45) is 0 Å². The molecule has 1 aromatic carbocycles. The lowest BCUT2D eigenvalue weighted by atomic mass is 10.2. The van der Waals surface area contributed by atoms with E-state index in [-0.39, 0.29) is 5.75 Å². The Morgan fingerprint density at radius 3 is 2.83 bits per heavy atom. The summed E-state index contributed by atoms with van der Waals surface area (Å²) < 4.78 is 31.9. The highest BCUT2D eigenvalue weighted by molar-refractivity contribution is 5.36. The smallest absolute Gasteiger partial charge is 0.201 e. The number of hydrogen-bond acceptors (Lipinski definition) is 3. The van der Waals surface area contributed by atoms with Crippen LogP contribution in [0.4, 0.5) is 8.78 Å². The summed E-state index contributed by atoms with van der Waals surface area (Å²) in [6.07, 6.45) is 3.08. The van der Waals surface area contributed by atoms with Crippen LogP contribution >= 0.6 is 0 Å². The zero-order valence-electron chi connectivity index (χ0n) is 9.78. The minimum atomic E-state index is -1.00. The van der Waals surface area contributed by atoms with Crippen LogP contribution < -0.4 is 10.1 Å². The van der Waals surface area contributed by atoms with Gasteiger partial charge in [0.1, 0.15) is 5.75 Å². The number of rotatable bonds is 4.